The predicted octanol–water partition coefficient (Wildman–Crippen LogP) is 2.55. The second-order valence-corrected chi connectivity index (χ2v) is 12.2. The summed E-state index contributed by atoms with van der Waals surface area (Å²) in [6.45, 7) is 0.464. The van der Waals surface area contributed by atoms with Gasteiger partial charge in [-0.15, -0.1) is 0 Å². The van der Waals surface area contributed by atoms with Crippen LogP contribution < -0.4 is 5.32 Å². The van der Waals surface area contributed by atoms with Crippen LogP contribution in [-0.4, -0.2) is 77.6 Å². The summed E-state index contributed by atoms with van der Waals surface area (Å²) < 4.78 is 20.4. The maximum absolute atomic E-state index is 13.8. The number of rotatable bonds is 8. The van der Waals surface area contributed by atoms with Crippen LogP contribution in [0, 0.1) is 15.4 Å². The molecule has 10 heteroatoms. The van der Waals surface area contributed by atoms with Gasteiger partial charge in [-0.05, 0) is 91.5 Å². The molecular weight excluding hydrogens is 603 g/mol. The van der Waals surface area contributed by atoms with Gasteiger partial charge in [0.2, 0.25) is 11.8 Å². The van der Waals surface area contributed by atoms with Gasteiger partial charge in [0.1, 0.15) is 24.4 Å². The van der Waals surface area contributed by atoms with Crippen LogP contribution in [0.25, 0.3) is 0 Å². The monoisotopic (exact) mass is 636 g/mol. The molecule has 0 unspecified atom stereocenters. The number of halogens is 1. The van der Waals surface area contributed by atoms with E-state index in [-0.39, 0.29) is 31.4 Å². The minimum absolute atomic E-state index is 0.149. The van der Waals surface area contributed by atoms with E-state index in [4.69, 9.17) is 19.3 Å². The fraction of sp³-hybridized carbons (Fsp3) is 0.607. The molecular formula is C28H33IN2O7. The van der Waals surface area contributed by atoms with Gasteiger partial charge >= 0.3 is 5.97 Å². The highest BCUT2D eigenvalue weighted by molar-refractivity contribution is 14.1. The van der Waals surface area contributed by atoms with Crippen molar-refractivity contribution in [1.29, 1.82) is 0 Å². The molecule has 2 saturated carbocycles. The first-order valence-electron chi connectivity index (χ1n) is 13.6. The number of fused-ring (bicyclic) bond motifs is 1. The molecule has 2 saturated heterocycles. The van der Waals surface area contributed by atoms with Gasteiger partial charge in [0.05, 0.1) is 12.2 Å². The number of likely N-dealkylation sites (tertiary alicyclic amines) is 1. The normalized spacial score (nSPS) is 29.9. The Morgan fingerprint density at radius 3 is 2.45 bits per heavy atom. The number of nitrogens with one attached hydrogen (secondary N) is 1. The Kier molecular flexibility index (Phi) is 7.25. The summed E-state index contributed by atoms with van der Waals surface area (Å²) >= 11 is 2.19. The molecule has 204 valence electrons. The lowest BCUT2D eigenvalue weighted by atomic mass is 9.91. The molecule has 2 N–H and O–H groups in total. The number of amides is 2. The van der Waals surface area contributed by atoms with E-state index in [1.807, 2.05) is 18.2 Å². The topological polar surface area (TPSA) is 114 Å². The van der Waals surface area contributed by atoms with Crippen molar-refractivity contribution in [3.63, 3.8) is 0 Å². The smallest absolute Gasteiger partial charge is 0.338 e. The Morgan fingerprint density at radius 1 is 1.08 bits per heavy atom. The van der Waals surface area contributed by atoms with Gasteiger partial charge in [-0.1, -0.05) is 0 Å². The number of hydrogen-bond acceptors (Lipinski definition) is 7. The van der Waals surface area contributed by atoms with Crippen molar-refractivity contribution in [2.24, 2.45) is 11.8 Å². The maximum Gasteiger partial charge on any atom is 0.338 e. The lowest BCUT2D eigenvalue weighted by Gasteiger charge is -2.33. The number of benzene rings is 1. The van der Waals surface area contributed by atoms with Crippen LogP contribution in [0.1, 0.15) is 55.3 Å². The number of aliphatic hydroxyl groups is 1. The lowest BCUT2D eigenvalue weighted by Crippen LogP contribution is -2.49. The van der Waals surface area contributed by atoms with Gasteiger partial charge in [0, 0.05) is 40.5 Å². The van der Waals surface area contributed by atoms with Crippen molar-refractivity contribution in [2.75, 3.05) is 19.7 Å². The predicted molar refractivity (Wildman–Crippen MR) is 144 cm³/mol. The van der Waals surface area contributed by atoms with Gasteiger partial charge in [0.25, 0.3) is 0 Å². The summed E-state index contributed by atoms with van der Waals surface area (Å²) in [5.74, 6) is -0.960. The molecule has 1 aromatic rings. The first kappa shape index (κ1) is 26.2. The third-order valence-corrected chi connectivity index (χ3v) is 8.97. The molecule has 38 heavy (non-hydrogen) atoms. The summed E-state index contributed by atoms with van der Waals surface area (Å²) in [5.41, 5.74) is 0.929. The van der Waals surface area contributed by atoms with Gasteiger partial charge in [-0.25, -0.2) is 4.79 Å². The van der Waals surface area contributed by atoms with E-state index < -0.39 is 36.1 Å². The molecule has 2 heterocycles. The standard InChI is InChI=1S/C28H33IN2O7/c29-20-9-3-16(4-10-20)27(35)36-22-14-17(26(34)31-12-1-2-21(31)25(33)30-11-13-32)15-23-24(22)38-28(37-23,18-5-6-18)19-7-8-19/h3-4,9-10,15,18-19,21-24,32H,1-2,5-8,11-14H2,(H,30,33)/t21-,22-,23-,24+/m1/s1. The molecule has 5 aliphatic rings. The SMILES string of the molecule is O=C(O[C@@H]1CC(C(=O)N2CCC[C@@H]2C(=O)NCCO)=C[C@H]2OC(C3CC3)(C3CC3)O[C@H]21)c1ccc(I)cc1. The van der Waals surface area contributed by atoms with E-state index in [1.54, 1.807) is 17.0 Å². The van der Waals surface area contributed by atoms with Crippen molar-refractivity contribution < 1.29 is 33.7 Å². The Balaban J connectivity index is 1.25. The van der Waals surface area contributed by atoms with Crippen LogP contribution in [0.2, 0.25) is 0 Å². The first-order chi connectivity index (χ1) is 18.4. The minimum atomic E-state index is -0.681. The quantitative estimate of drug-likeness (QED) is 0.333. The number of esters is 1. The fourth-order valence-corrected chi connectivity index (χ4v) is 6.47. The fourth-order valence-electron chi connectivity index (χ4n) is 6.12. The Bertz CT molecular complexity index is 1120. The molecule has 4 fully saturated rings. The molecule has 2 aliphatic heterocycles. The van der Waals surface area contributed by atoms with Crippen LogP contribution in [0.4, 0.5) is 0 Å². The molecule has 2 amide bonds. The van der Waals surface area contributed by atoms with E-state index in [1.165, 1.54) is 0 Å². The zero-order valence-electron chi connectivity index (χ0n) is 21.1. The van der Waals surface area contributed by atoms with Crippen LogP contribution in [0.5, 0.6) is 0 Å². The van der Waals surface area contributed by atoms with Crippen molar-refractivity contribution in [1.82, 2.24) is 10.2 Å². The molecule has 9 nitrogen and oxygen atoms in total. The average molecular weight is 636 g/mol. The van der Waals surface area contributed by atoms with E-state index in [2.05, 4.69) is 27.9 Å². The van der Waals surface area contributed by atoms with Crippen LogP contribution in [0.3, 0.4) is 0 Å². The Hall–Kier alpha value is -2.02. The number of ether oxygens (including phenoxy) is 3. The van der Waals surface area contributed by atoms with Crippen LogP contribution >= 0.6 is 22.6 Å². The second-order valence-electron chi connectivity index (χ2n) is 11.0. The molecule has 0 bridgehead atoms. The lowest BCUT2D eigenvalue weighted by molar-refractivity contribution is -0.209. The molecule has 1 aromatic carbocycles. The number of hydrogen-bond donors (Lipinski definition) is 2. The number of nitrogens with zero attached hydrogens (tertiary/aromatic N) is 1. The average Bonchev–Trinajstić information content (AvgIpc) is 3.86. The highest BCUT2D eigenvalue weighted by atomic mass is 127. The molecule has 0 spiro atoms. The minimum Gasteiger partial charge on any atom is -0.456 e. The third-order valence-electron chi connectivity index (χ3n) is 8.25. The molecule has 0 radical (unpaired) electrons. The summed E-state index contributed by atoms with van der Waals surface area (Å²) in [7, 11) is 0. The van der Waals surface area contributed by atoms with Gasteiger partial charge in [-0.2, -0.15) is 0 Å². The Morgan fingerprint density at radius 2 is 1.79 bits per heavy atom. The highest BCUT2D eigenvalue weighted by Gasteiger charge is 2.64. The van der Waals surface area contributed by atoms with E-state index >= 15 is 0 Å². The second kappa shape index (κ2) is 10.5. The first-order valence-corrected chi connectivity index (χ1v) is 14.7. The van der Waals surface area contributed by atoms with E-state index in [0.29, 0.717) is 35.9 Å². The summed E-state index contributed by atoms with van der Waals surface area (Å²) in [6.07, 6.45) is 5.88. The number of carbonyl (C=O) groups excluding carboxylic acids is 3. The van der Waals surface area contributed by atoms with Crippen molar-refractivity contribution in [3.8, 4) is 0 Å². The van der Waals surface area contributed by atoms with E-state index in [0.717, 1.165) is 35.7 Å². The number of aliphatic hydroxyl groups excluding tert-OH is 1. The molecule has 6 rings (SSSR count). The Labute approximate surface area is 235 Å². The molecule has 3 aliphatic carbocycles. The van der Waals surface area contributed by atoms with Crippen molar-refractivity contribution >= 4 is 40.4 Å². The maximum atomic E-state index is 13.8. The third kappa shape index (κ3) is 5.00. The van der Waals surface area contributed by atoms with E-state index in [9.17, 15) is 14.4 Å². The molecule has 4 atom stereocenters. The van der Waals surface area contributed by atoms with Gasteiger partial charge in [0.15, 0.2) is 5.79 Å². The zero-order valence-corrected chi connectivity index (χ0v) is 23.3. The van der Waals surface area contributed by atoms with Gasteiger partial charge < -0.3 is 29.5 Å². The van der Waals surface area contributed by atoms with Crippen molar-refractivity contribution in [2.45, 2.75) is 75.1 Å². The highest BCUT2D eigenvalue weighted by Crippen LogP contribution is 2.59. The largest absolute Gasteiger partial charge is 0.456 e. The summed E-state index contributed by atoms with van der Waals surface area (Å²) in [4.78, 5) is 41.2. The summed E-state index contributed by atoms with van der Waals surface area (Å²) in [6, 6.07) is 6.59. The number of carbonyl (C=O) groups is 3. The van der Waals surface area contributed by atoms with Crippen LogP contribution in [0.15, 0.2) is 35.9 Å². The van der Waals surface area contributed by atoms with Gasteiger partial charge in [-0.3, -0.25) is 9.59 Å². The zero-order chi connectivity index (χ0) is 26.4. The summed E-state index contributed by atoms with van der Waals surface area (Å²) in [5, 5.41) is 11.8. The van der Waals surface area contributed by atoms with Crippen LogP contribution in [-0.2, 0) is 23.8 Å². The molecule has 0 aromatic heterocycles. The van der Waals surface area contributed by atoms with Crippen molar-refractivity contribution in [3.05, 3.63) is 45.0 Å².